The third-order valence-electron chi connectivity index (χ3n) is 26.4. The molecule has 4 aromatic heterocycles. The van der Waals surface area contributed by atoms with Gasteiger partial charge in [0.05, 0.1) is 50.9 Å². The SMILES string of the molecule is C.CC(C(=O)CCc1ccc(Cl)c(-c2nc(-c3ccc(OCC4CC4)cc3)nc(=O)[nH]2)c1)(C(F)(F)F)C(F)(F)F.CC(C)COc1ccc(-c2nc(-c3cc(CCC(=O)C4(C(C)(F)F)CC4)ccc3Cl)[nH]c(=O)n2)cc1.C[C@@H](Oc1ccc(-c2nc(-c3cc(CCC(=O)C(C)(C)C(F)(F)F)ccc3Cl)[nH]c(=O)n2)cc1)C1CC1.C[C@H](Oc1ccc(-c2nc(-c3cc(CCC(=O)C(C)(C)C(F)(F)F)ccc3Cl)[nH]c(=O)n2)cc1)C1CC1. The Morgan fingerprint density at radius 2 is 0.633 bits per heavy atom. The van der Waals surface area contributed by atoms with Crippen LogP contribution in [-0.4, -0.2) is 139 Å². The molecule has 8 aromatic carbocycles. The smallest absolute Gasteiger partial charge is 0.409 e. The molecule has 42 heteroatoms. The number of Topliss-reactive ketones (excluding diaryl/α,β-unsaturated/α-hetero) is 4. The molecular weight excluding hydrogens is 2070 g/mol. The van der Waals surface area contributed by atoms with Crippen molar-refractivity contribution < 1.29 is 99.6 Å². The highest BCUT2D eigenvalue weighted by atomic mass is 35.5. The van der Waals surface area contributed by atoms with Gasteiger partial charge in [-0.3, -0.25) is 39.1 Å². The lowest BCUT2D eigenvalue weighted by Gasteiger charge is -2.32. The van der Waals surface area contributed by atoms with E-state index < -0.39 is 111 Å². The lowest BCUT2D eigenvalue weighted by molar-refractivity contribution is -0.318. The summed E-state index contributed by atoms with van der Waals surface area (Å²) in [4.78, 5) is 142. The molecule has 0 spiro atoms. The van der Waals surface area contributed by atoms with Crippen LogP contribution in [0.15, 0.2) is 189 Å². The highest BCUT2D eigenvalue weighted by molar-refractivity contribution is 6.34. The van der Waals surface area contributed by atoms with Crippen LogP contribution in [0.3, 0.4) is 0 Å². The number of nitrogens with zero attached hydrogens (tertiary/aromatic N) is 8. The predicted octanol–water partition coefficient (Wildman–Crippen LogP) is 26.2. The molecule has 2 atom stereocenters. The maximum atomic E-state index is 13.9. The van der Waals surface area contributed by atoms with E-state index in [4.69, 9.17) is 65.4 Å². The van der Waals surface area contributed by atoms with Gasteiger partial charge in [-0.15, -0.1) is 0 Å². The van der Waals surface area contributed by atoms with Crippen LogP contribution >= 0.6 is 46.4 Å². The van der Waals surface area contributed by atoms with Crippen molar-refractivity contribution in [3.05, 3.63) is 254 Å². The molecule has 4 saturated carbocycles. The first-order chi connectivity index (χ1) is 69.9. The van der Waals surface area contributed by atoms with E-state index >= 15 is 0 Å². The summed E-state index contributed by atoms with van der Waals surface area (Å²) < 4.78 is 209. The molecule has 4 N–H and O–H groups in total. The number of aryl methyl sites for hydroxylation is 4. The van der Waals surface area contributed by atoms with Crippen molar-refractivity contribution >= 4 is 69.5 Å². The van der Waals surface area contributed by atoms with Crippen molar-refractivity contribution in [3.8, 4) is 114 Å². The highest BCUT2D eigenvalue weighted by Crippen LogP contribution is 2.58. The largest absolute Gasteiger partial charge is 0.493 e. The van der Waals surface area contributed by atoms with Gasteiger partial charge in [0, 0.05) is 77.1 Å². The zero-order valence-electron chi connectivity index (χ0n) is 82.1. The lowest BCUT2D eigenvalue weighted by Crippen LogP contribution is -2.53. The van der Waals surface area contributed by atoms with Gasteiger partial charge in [-0.25, -0.2) is 47.9 Å². The fourth-order valence-corrected chi connectivity index (χ4v) is 16.3. The summed E-state index contributed by atoms with van der Waals surface area (Å²) in [6, 6.07) is 46.8. The van der Waals surface area contributed by atoms with Crippen LogP contribution in [0.4, 0.5) is 61.5 Å². The standard InChI is InChI=1S/2C27H27ClF3N3O3.C27H28ClF2N3O3.C26H22ClF6N3O3.CH4/c2*1-15(17-6-7-17)37-19-10-8-18(9-11-19)23-32-24(34-25(36)33-23)20-14-16(4-12-21(20)28)5-13-22(35)26(2,3)27(29,30)31;1-16(2)15-36-19-8-6-18(7-9-19)23-31-24(33-25(35)32-23)20-14-17(4-10-21(20)28)5-11-22(34)27(12-13-27)26(3,29)30;1-24(25(28,29)30,26(31,32)33)20(37)11-5-14-4-10-19(27)18(12-14)22-34-21(35-23(38)36-22)16-6-8-17(9-7-16)39-13-15-2-3-15;/h2*4,8-12,14-15,17H,5-7,13H2,1-3H3,(H,32,33,34,36);4,6-10,14,16H,5,11-13,15H2,1-3H3,(H,31,32,33,35);4,6-10,12,15H,2-3,5,11,13H2,1H3,(H,34,35,36,38);1H4/t2*15-;;;/m10.../s1. The van der Waals surface area contributed by atoms with Gasteiger partial charge < -0.3 is 18.9 Å². The number of carbonyl (C=O) groups excluding carboxylic acids is 4. The number of hydrogen-bond acceptors (Lipinski definition) is 20. The average Bonchev–Trinajstić information content (AvgIpc) is 1.64. The van der Waals surface area contributed by atoms with Crippen molar-refractivity contribution in [1.82, 2.24) is 59.8 Å². The summed E-state index contributed by atoms with van der Waals surface area (Å²) in [5, 5.41) is 1.01. The number of ether oxygens (including phenoxy) is 4. The Labute approximate surface area is 872 Å². The molecule has 0 bridgehead atoms. The number of alkyl halides is 14. The summed E-state index contributed by atoms with van der Waals surface area (Å²) in [5.74, 6) is -1.18. The Kier molecular flexibility index (Phi) is 36.5. The maximum absolute atomic E-state index is 13.9. The second-order valence-electron chi connectivity index (χ2n) is 39.0. The Hall–Kier alpha value is -12.9. The molecule has 0 saturated heterocycles. The molecule has 0 unspecified atom stereocenters. The van der Waals surface area contributed by atoms with E-state index in [2.05, 4.69) is 73.7 Å². The molecule has 16 rings (SSSR count). The number of carbonyl (C=O) groups is 4. The minimum Gasteiger partial charge on any atom is -0.493 e. The van der Waals surface area contributed by atoms with E-state index in [1.165, 1.54) is 43.9 Å². The van der Waals surface area contributed by atoms with E-state index in [0.29, 0.717) is 115 Å². The van der Waals surface area contributed by atoms with Gasteiger partial charge in [-0.05, 0) is 317 Å². The molecule has 4 fully saturated rings. The molecule has 12 aromatic rings. The van der Waals surface area contributed by atoms with E-state index in [0.717, 1.165) is 53.0 Å². The third kappa shape index (κ3) is 29.3. The Bertz CT molecular complexity index is 6880. The van der Waals surface area contributed by atoms with Crippen molar-refractivity contribution in [2.24, 2.45) is 45.3 Å². The number of ketones is 4. The zero-order valence-corrected chi connectivity index (χ0v) is 85.2. The summed E-state index contributed by atoms with van der Waals surface area (Å²) in [5.41, 5.74) is -7.71. The quantitative estimate of drug-likeness (QED) is 0.0263. The number of aromatic amines is 4. The topological polar surface area (TPSA) is 340 Å². The van der Waals surface area contributed by atoms with Crippen molar-refractivity contribution in [3.63, 3.8) is 0 Å². The summed E-state index contributed by atoms with van der Waals surface area (Å²) in [6.45, 7) is 13.6. The fraction of sp³-hybridized carbons (Fsp3) is 0.407. The molecule has 150 heavy (non-hydrogen) atoms. The molecule has 0 aliphatic heterocycles. The molecular formula is C108H108Cl4F14N12O12. The van der Waals surface area contributed by atoms with Gasteiger partial charge in [0.15, 0.2) is 29.1 Å². The second-order valence-corrected chi connectivity index (χ2v) is 40.6. The molecule has 4 aliphatic carbocycles. The zero-order chi connectivity index (χ0) is 109. The van der Waals surface area contributed by atoms with Crippen LogP contribution in [0.2, 0.25) is 20.1 Å². The van der Waals surface area contributed by atoms with E-state index in [9.17, 15) is 99.8 Å². The number of nitrogens with one attached hydrogen (secondary N) is 4. The minimum atomic E-state index is -5.81. The number of H-pyrrole nitrogens is 4. The van der Waals surface area contributed by atoms with Gasteiger partial charge in [-0.1, -0.05) is 91.9 Å². The van der Waals surface area contributed by atoms with Gasteiger partial charge in [0.25, 0.3) is 5.92 Å². The first-order valence-electron chi connectivity index (χ1n) is 47.7. The summed E-state index contributed by atoms with van der Waals surface area (Å²) in [6.07, 6.45) is -14.8. The van der Waals surface area contributed by atoms with Crippen LogP contribution in [-0.2, 0) is 44.9 Å². The van der Waals surface area contributed by atoms with Crippen LogP contribution in [0.1, 0.15) is 176 Å². The van der Waals surface area contributed by atoms with Crippen LogP contribution < -0.4 is 41.7 Å². The van der Waals surface area contributed by atoms with E-state index in [1.54, 1.807) is 152 Å². The van der Waals surface area contributed by atoms with Gasteiger partial charge in [0.1, 0.15) is 74.5 Å². The first kappa shape index (κ1) is 116. The van der Waals surface area contributed by atoms with Gasteiger partial charge >= 0.3 is 47.5 Å². The highest BCUT2D eigenvalue weighted by Gasteiger charge is 2.71. The Morgan fingerprint density at radius 3 is 0.887 bits per heavy atom. The predicted molar refractivity (Wildman–Crippen MR) is 541 cm³/mol. The molecule has 4 aliphatic rings. The van der Waals surface area contributed by atoms with Crippen molar-refractivity contribution in [1.29, 1.82) is 0 Å². The fourth-order valence-electron chi connectivity index (χ4n) is 15.5. The van der Waals surface area contributed by atoms with Crippen LogP contribution in [0.25, 0.3) is 91.1 Å². The Balaban J connectivity index is 0.000000177. The molecule has 0 radical (unpaired) electrons. The van der Waals surface area contributed by atoms with Crippen LogP contribution in [0.5, 0.6) is 23.0 Å². The third-order valence-corrected chi connectivity index (χ3v) is 27.7. The molecule has 0 amide bonds. The second kappa shape index (κ2) is 47.3. The monoisotopic (exact) mass is 2170 g/mol. The van der Waals surface area contributed by atoms with Crippen molar-refractivity contribution in [2.45, 2.75) is 222 Å². The number of halogens is 18. The lowest BCUT2D eigenvalue weighted by atomic mass is 9.81. The van der Waals surface area contributed by atoms with Crippen molar-refractivity contribution in [2.75, 3.05) is 13.2 Å². The van der Waals surface area contributed by atoms with Gasteiger partial charge in [0.2, 0.25) is 5.41 Å². The number of rotatable bonds is 37. The first-order valence-corrected chi connectivity index (χ1v) is 49.3. The number of hydrogen-bond donors (Lipinski definition) is 4. The average molecular weight is 2170 g/mol. The summed E-state index contributed by atoms with van der Waals surface area (Å²) >= 11 is 25.4. The minimum absolute atomic E-state index is 0. The van der Waals surface area contributed by atoms with Crippen LogP contribution in [0, 0.1) is 45.3 Å². The molecule has 24 nitrogen and oxygen atoms in total. The molecule has 798 valence electrons. The normalized spacial score (nSPS) is 14.6. The molecule has 4 heterocycles. The summed E-state index contributed by atoms with van der Waals surface area (Å²) in [7, 11) is 0. The maximum Gasteiger partial charge on any atom is 0.409 e. The van der Waals surface area contributed by atoms with E-state index in [1.807, 2.05) is 13.8 Å². The number of aromatic nitrogens is 12. The van der Waals surface area contributed by atoms with Gasteiger partial charge in [-0.2, -0.15) is 72.6 Å². The number of benzene rings is 8. The Morgan fingerprint density at radius 1 is 0.360 bits per heavy atom. The van der Waals surface area contributed by atoms with E-state index in [-0.39, 0.29) is 151 Å².